The van der Waals surface area contributed by atoms with Crippen LogP contribution in [0, 0.1) is 0 Å². The van der Waals surface area contributed by atoms with Crippen molar-refractivity contribution >= 4 is 5.69 Å². The van der Waals surface area contributed by atoms with E-state index in [2.05, 4.69) is 16.7 Å². The Bertz CT molecular complexity index is 515. The Hall–Kier alpha value is -1.40. The number of ether oxygens (including phenoxy) is 2. The lowest BCUT2D eigenvalue weighted by Crippen LogP contribution is -2.56. The molecule has 0 atom stereocenters. The summed E-state index contributed by atoms with van der Waals surface area (Å²) in [5, 5.41) is 0. The van der Waals surface area contributed by atoms with Gasteiger partial charge in [0.25, 0.3) is 0 Å². The van der Waals surface area contributed by atoms with Crippen LogP contribution in [0.3, 0.4) is 0 Å². The normalized spacial score (nSPS) is 19.9. The fourth-order valence-electron chi connectivity index (χ4n) is 3.22. The van der Waals surface area contributed by atoms with E-state index >= 15 is 0 Å². The second kappa shape index (κ2) is 7.45. The van der Waals surface area contributed by atoms with Crippen LogP contribution < -0.4 is 9.64 Å². The lowest BCUT2D eigenvalue weighted by atomic mass is 10.1. The first-order valence-corrected chi connectivity index (χ1v) is 8.32. The van der Waals surface area contributed by atoms with Gasteiger partial charge in [-0.15, -0.1) is 0 Å². The molecule has 1 aromatic carbocycles. The average Bonchev–Trinajstić information content (AvgIpc) is 2.47. The molecule has 0 aromatic heterocycles. The lowest BCUT2D eigenvalue weighted by Gasteiger charge is -2.43. The topological polar surface area (TPSA) is 24.9 Å². The molecule has 6 heteroatoms. The summed E-state index contributed by atoms with van der Waals surface area (Å²) in [4.78, 5) is 4.56. The number of anilines is 1. The number of halogens is 2. The molecule has 0 amide bonds. The van der Waals surface area contributed by atoms with Gasteiger partial charge in [-0.2, -0.15) is 8.78 Å². The molecule has 0 N–H and O–H groups in total. The molecule has 1 aromatic rings. The zero-order valence-corrected chi connectivity index (χ0v) is 13.5. The van der Waals surface area contributed by atoms with Crippen LogP contribution >= 0.6 is 0 Å². The zero-order valence-electron chi connectivity index (χ0n) is 13.5. The van der Waals surface area contributed by atoms with Crippen LogP contribution in [0.1, 0.15) is 18.9 Å². The summed E-state index contributed by atoms with van der Waals surface area (Å²) < 4.78 is 35.5. The van der Waals surface area contributed by atoms with E-state index in [9.17, 15) is 8.78 Å². The van der Waals surface area contributed by atoms with Crippen molar-refractivity contribution in [1.82, 2.24) is 4.90 Å². The Balaban J connectivity index is 1.70. The van der Waals surface area contributed by atoms with Gasteiger partial charge in [-0.3, -0.25) is 4.90 Å². The van der Waals surface area contributed by atoms with Crippen LogP contribution in [0.5, 0.6) is 5.75 Å². The van der Waals surface area contributed by atoms with Crippen molar-refractivity contribution in [3.8, 4) is 5.75 Å². The van der Waals surface area contributed by atoms with E-state index in [1.807, 2.05) is 12.1 Å². The number of rotatable bonds is 6. The highest BCUT2D eigenvalue weighted by Gasteiger charge is 2.29. The molecule has 3 rings (SSSR count). The van der Waals surface area contributed by atoms with E-state index in [0.717, 1.165) is 63.5 Å². The number of nitrogens with zero attached hydrogens (tertiary/aromatic N) is 2. The lowest BCUT2D eigenvalue weighted by molar-refractivity contribution is -0.0663. The molecule has 128 valence electrons. The second-order valence-corrected chi connectivity index (χ2v) is 6.14. The molecule has 0 aliphatic carbocycles. The number of aryl methyl sites for hydroxylation is 1. The van der Waals surface area contributed by atoms with Gasteiger partial charge >= 0.3 is 6.61 Å². The molecule has 0 unspecified atom stereocenters. The number of hydrogen-bond acceptors (Lipinski definition) is 4. The fraction of sp³-hybridized carbons (Fsp3) is 0.647. The first-order valence-electron chi connectivity index (χ1n) is 8.32. The predicted octanol–water partition coefficient (Wildman–Crippen LogP) is 2.76. The van der Waals surface area contributed by atoms with E-state index in [1.54, 1.807) is 6.07 Å². The van der Waals surface area contributed by atoms with Crippen molar-refractivity contribution in [3.05, 3.63) is 23.8 Å². The highest BCUT2D eigenvalue weighted by molar-refractivity contribution is 5.60. The zero-order chi connectivity index (χ0) is 16.2. The van der Waals surface area contributed by atoms with Crippen LogP contribution in [0.15, 0.2) is 18.2 Å². The second-order valence-electron chi connectivity index (χ2n) is 6.14. The molecule has 4 nitrogen and oxygen atoms in total. The highest BCUT2D eigenvalue weighted by atomic mass is 19.3. The first kappa shape index (κ1) is 16.5. The maximum absolute atomic E-state index is 12.7. The van der Waals surface area contributed by atoms with Gasteiger partial charge in [0.1, 0.15) is 5.75 Å². The summed E-state index contributed by atoms with van der Waals surface area (Å²) in [6.07, 6.45) is 1.85. The van der Waals surface area contributed by atoms with Gasteiger partial charge < -0.3 is 14.4 Å². The number of hydrogen-bond donors (Lipinski definition) is 0. The smallest absolute Gasteiger partial charge is 0.387 e. The number of benzene rings is 1. The first-order chi connectivity index (χ1) is 11.2. The molecule has 23 heavy (non-hydrogen) atoms. The van der Waals surface area contributed by atoms with Crippen LogP contribution in [0.25, 0.3) is 0 Å². The van der Waals surface area contributed by atoms with E-state index < -0.39 is 6.61 Å². The minimum Gasteiger partial charge on any atom is -0.433 e. The molecule has 0 bridgehead atoms. The monoisotopic (exact) mass is 326 g/mol. The summed E-state index contributed by atoms with van der Waals surface area (Å²) in [7, 11) is 0. The quantitative estimate of drug-likeness (QED) is 0.802. The van der Waals surface area contributed by atoms with Gasteiger partial charge in [0.05, 0.1) is 24.9 Å². The third-order valence-electron chi connectivity index (χ3n) is 4.57. The maximum atomic E-state index is 12.7. The highest BCUT2D eigenvalue weighted by Crippen LogP contribution is 2.32. The van der Waals surface area contributed by atoms with E-state index in [-0.39, 0.29) is 0 Å². The van der Waals surface area contributed by atoms with Crippen molar-refractivity contribution in [1.29, 1.82) is 0 Å². The SMILES string of the molecule is CCCc1ccc(N2CCN(C3COC3)CC2)c(OC(F)F)c1. The van der Waals surface area contributed by atoms with Gasteiger partial charge in [-0.1, -0.05) is 19.4 Å². The largest absolute Gasteiger partial charge is 0.433 e. The predicted molar refractivity (Wildman–Crippen MR) is 85.5 cm³/mol. The van der Waals surface area contributed by atoms with E-state index in [0.29, 0.717) is 11.8 Å². The molecule has 0 radical (unpaired) electrons. The van der Waals surface area contributed by atoms with Crippen LogP contribution in [-0.2, 0) is 11.2 Å². The molecular formula is C17H24F2N2O2. The standard InChI is InChI=1S/C17H24F2N2O2/c1-2-3-13-4-5-15(16(10-13)23-17(18)19)21-8-6-20(7-9-21)14-11-22-12-14/h4-5,10,14,17H,2-3,6-9,11-12H2,1H3. The number of piperazine rings is 1. The van der Waals surface area contributed by atoms with Crippen molar-refractivity contribution in [3.63, 3.8) is 0 Å². The third-order valence-corrected chi connectivity index (χ3v) is 4.57. The Kier molecular flexibility index (Phi) is 5.33. The Morgan fingerprint density at radius 3 is 2.52 bits per heavy atom. The van der Waals surface area contributed by atoms with Gasteiger partial charge in [0.15, 0.2) is 0 Å². The summed E-state index contributed by atoms with van der Waals surface area (Å²) in [5.41, 5.74) is 1.81. The van der Waals surface area contributed by atoms with Crippen molar-refractivity contribution in [2.75, 3.05) is 44.3 Å². The summed E-state index contributed by atoms with van der Waals surface area (Å²) >= 11 is 0. The summed E-state index contributed by atoms with van der Waals surface area (Å²) in [5.74, 6) is 0.298. The van der Waals surface area contributed by atoms with Gasteiger partial charge in [0, 0.05) is 26.2 Å². The molecule has 2 aliphatic heterocycles. The number of alkyl halides is 2. The summed E-state index contributed by atoms with van der Waals surface area (Å²) in [6, 6.07) is 6.23. The average molecular weight is 326 g/mol. The van der Waals surface area contributed by atoms with E-state index in [4.69, 9.17) is 9.47 Å². The Morgan fingerprint density at radius 2 is 1.96 bits per heavy atom. The van der Waals surface area contributed by atoms with E-state index in [1.165, 1.54) is 0 Å². The van der Waals surface area contributed by atoms with Gasteiger partial charge in [-0.25, -0.2) is 0 Å². The van der Waals surface area contributed by atoms with Crippen LogP contribution in [0.2, 0.25) is 0 Å². The molecule has 0 spiro atoms. The third kappa shape index (κ3) is 3.93. The minimum atomic E-state index is -2.79. The maximum Gasteiger partial charge on any atom is 0.387 e. The molecular weight excluding hydrogens is 302 g/mol. The minimum absolute atomic E-state index is 0.298. The molecule has 2 aliphatic rings. The summed E-state index contributed by atoms with van der Waals surface area (Å²) in [6.45, 7) is 4.41. The van der Waals surface area contributed by atoms with Crippen LogP contribution in [0.4, 0.5) is 14.5 Å². The van der Waals surface area contributed by atoms with Crippen molar-refractivity contribution < 1.29 is 18.3 Å². The van der Waals surface area contributed by atoms with Crippen molar-refractivity contribution in [2.24, 2.45) is 0 Å². The fourth-order valence-corrected chi connectivity index (χ4v) is 3.22. The van der Waals surface area contributed by atoms with Gasteiger partial charge in [0.2, 0.25) is 0 Å². The molecule has 2 fully saturated rings. The molecule has 2 saturated heterocycles. The van der Waals surface area contributed by atoms with Gasteiger partial charge in [-0.05, 0) is 24.1 Å². The Morgan fingerprint density at radius 1 is 1.22 bits per heavy atom. The molecule has 0 saturated carbocycles. The van der Waals surface area contributed by atoms with Crippen molar-refractivity contribution in [2.45, 2.75) is 32.4 Å². The molecule has 2 heterocycles. The Labute approximate surface area is 136 Å². The van der Waals surface area contributed by atoms with Crippen LogP contribution in [-0.4, -0.2) is 56.9 Å².